The van der Waals surface area contributed by atoms with Crippen LogP contribution in [0.15, 0.2) is 22.7 Å². The maximum Gasteiger partial charge on any atom is 0.128 e. The summed E-state index contributed by atoms with van der Waals surface area (Å²) in [5, 5.41) is 3.39. The van der Waals surface area contributed by atoms with Gasteiger partial charge in [-0.1, -0.05) is 28.9 Å². The number of benzene rings is 1. The van der Waals surface area contributed by atoms with Gasteiger partial charge >= 0.3 is 0 Å². The second kappa shape index (κ2) is 7.36. The molecular formula is C15H22BrFN2. The van der Waals surface area contributed by atoms with Gasteiger partial charge in [0.25, 0.3) is 0 Å². The van der Waals surface area contributed by atoms with Gasteiger partial charge in [0, 0.05) is 22.6 Å². The Morgan fingerprint density at radius 1 is 1.37 bits per heavy atom. The van der Waals surface area contributed by atoms with E-state index < -0.39 is 0 Å². The fraction of sp³-hybridized carbons (Fsp3) is 0.600. The van der Waals surface area contributed by atoms with Crippen LogP contribution in [0.4, 0.5) is 4.39 Å². The summed E-state index contributed by atoms with van der Waals surface area (Å²) < 4.78 is 14.8. The molecule has 19 heavy (non-hydrogen) atoms. The lowest BCUT2D eigenvalue weighted by molar-refractivity contribution is 0.152. The molecule has 0 unspecified atom stereocenters. The fourth-order valence-electron chi connectivity index (χ4n) is 2.74. The van der Waals surface area contributed by atoms with E-state index in [0.717, 1.165) is 48.9 Å². The van der Waals surface area contributed by atoms with Crippen LogP contribution in [0, 0.1) is 5.82 Å². The highest BCUT2D eigenvalue weighted by Gasteiger charge is 2.22. The molecule has 4 heteroatoms. The van der Waals surface area contributed by atoms with E-state index in [4.69, 9.17) is 0 Å². The maximum atomic E-state index is 13.9. The number of piperidine rings is 1. The molecule has 1 N–H and O–H groups in total. The van der Waals surface area contributed by atoms with Gasteiger partial charge in [-0.25, -0.2) is 4.39 Å². The quantitative estimate of drug-likeness (QED) is 0.889. The SMILES string of the molecule is CCCN(Cc1c(F)cccc1Br)C1CCNCC1. The molecule has 0 aliphatic carbocycles. The Kier molecular flexibility index (Phi) is 5.79. The van der Waals surface area contributed by atoms with Gasteiger partial charge < -0.3 is 5.32 Å². The maximum absolute atomic E-state index is 13.9. The number of nitrogens with zero attached hydrogens (tertiary/aromatic N) is 1. The van der Waals surface area contributed by atoms with E-state index in [1.54, 1.807) is 12.1 Å². The first-order valence-corrected chi connectivity index (χ1v) is 7.89. The third-order valence-corrected chi connectivity index (χ3v) is 4.50. The normalized spacial score (nSPS) is 17.1. The van der Waals surface area contributed by atoms with Gasteiger partial charge in [-0.3, -0.25) is 4.90 Å². The summed E-state index contributed by atoms with van der Waals surface area (Å²) in [6.45, 7) is 6.06. The van der Waals surface area contributed by atoms with Crippen molar-refractivity contribution < 1.29 is 4.39 Å². The molecule has 0 aromatic heterocycles. The molecule has 2 nitrogen and oxygen atoms in total. The van der Waals surface area contributed by atoms with Gasteiger partial charge in [0.1, 0.15) is 5.82 Å². The highest BCUT2D eigenvalue weighted by atomic mass is 79.9. The van der Waals surface area contributed by atoms with E-state index in [9.17, 15) is 4.39 Å². The van der Waals surface area contributed by atoms with Crippen molar-refractivity contribution in [2.75, 3.05) is 19.6 Å². The average molecular weight is 329 g/mol. The van der Waals surface area contributed by atoms with Crippen LogP contribution in [-0.4, -0.2) is 30.6 Å². The van der Waals surface area contributed by atoms with Crippen LogP contribution in [0.3, 0.4) is 0 Å². The van der Waals surface area contributed by atoms with Gasteiger partial charge in [-0.15, -0.1) is 0 Å². The Morgan fingerprint density at radius 3 is 2.74 bits per heavy atom. The Bertz CT molecular complexity index is 385. The molecule has 106 valence electrons. The highest BCUT2D eigenvalue weighted by Crippen LogP contribution is 2.24. The van der Waals surface area contributed by atoms with Crippen molar-refractivity contribution in [3.05, 3.63) is 34.1 Å². The summed E-state index contributed by atoms with van der Waals surface area (Å²) in [7, 11) is 0. The predicted molar refractivity (Wildman–Crippen MR) is 80.7 cm³/mol. The van der Waals surface area contributed by atoms with E-state index in [1.165, 1.54) is 0 Å². The lowest BCUT2D eigenvalue weighted by Crippen LogP contribution is -2.43. The molecule has 1 saturated heterocycles. The lowest BCUT2D eigenvalue weighted by Gasteiger charge is -2.34. The molecule has 0 atom stereocenters. The van der Waals surface area contributed by atoms with Crippen molar-refractivity contribution >= 4 is 15.9 Å². The summed E-state index contributed by atoms with van der Waals surface area (Å²) in [5.41, 5.74) is 0.787. The third kappa shape index (κ3) is 4.01. The zero-order valence-electron chi connectivity index (χ0n) is 11.5. The van der Waals surface area contributed by atoms with Gasteiger partial charge in [-0.05, 0) is 51.0 Å². The van der Waals surface area contributed by atoms with Crippen LogP contribution in [0.2, 0.25) is 0 Å². The van der Waals surface area contributed by atoms with Crippen LogP contribution in [0.1, 0.15) is 31.7 Å². The zero-order chi connectivity index (χ0) is 13.7. The molecule has 1 aromatic carbocycles. The molecule has 2 rings (SSSR count). The molecule has 1 aromatic rings. The molecule has 0 amide bonds. The second-order valence-corrected chi connectivity index (χ2v) is 6.01. The summed E-state index contributed by atoms with van der Waals surface area (Å²) in [4.78, 5) is 2.43. The minimum atomic E-state index is -0.107. The summed E-state index contributed by atoms with van der Waals surface area (Å²) >= 11 is 3.47. The Hall–Kier alpha value is -0.450. The van der Waals surface area contributed by atoms with Crippen molar-refractivity contribution in [1.82, 2.24) is 10.2 Å². The first-order valence-electron chi connectivity index (χ1n) is 7.10. The fourth-order valence-corrected chi connectivity index (χ4v) is 3.20. The van der Waals surface area contributed by atoms with E-state index in [0.29, 0.717) is 12.6 Å². The third-order valence-electron chi connectivity index (χ3n) is 3.76. The molecule has 1 aliphatic rings. The van der Waals surface area contributed by atoms with Gasteiger partial charge in [0.2, 0.25) is 0 Å². The van der Waals surface area contributed by atoms with Crippen LogP contribution in [0.5, 0.6) is 0 Å². The lowest BCUT2D eigenvalue weighted by atomic mass is 10.0. The molecule has 0 spiro atoms. The topological polar surface area (TPSA) is 15.3 Å². The number of hydrogen-bond acceptors (Lipinski definition) is 2. The van der Waals surface area contributed by atoms with Gasteiger partial charge in [-0.2, -0.15) is 0 Å². The molecule has 1 heterocycles. The summed E-state index contributed by atoms with van der Waals surface area (Å²) in [6, 6.07) is 5.79. The largest absolute Gasteiger partial charge is 0.317 e. The standard InChI is InChI=1S/C15H22BrFN2/c1-2-10-19(12-6-8-18-9-7-12)11-13-14(16)4-3-5-15(13)17/h3-5,12,18H,2,6-11H2,1H3. The number of nitrogens with one attached hydrogen (secondary N) is 1. The average Bonchev–Trinajstić information content (AvgIpc) is 2.43. The molecule has 0 radical (unpaired) electrons. The van der Waals surface area contributed by atoms with E-state index in [1.807, 2.05) is 6.07 Å². The summed E-state index contributed by atoms with van der Waals surface area (Å²) in [5.74, 6) is -0.107. The second-order valence-electron chi connectivity index (χ2n) is 5.15. The predicted octanol–water partition coefficient (Wildman–Crippen LogP) is 3.55. The van der Waals surface area contributed by atoms with Gasteiger partial charge in [0.15, 0.2) is 0 Å². The van der Waals surface area contributed by atoms with Crippen LogP contribution < -0.4 is 5.32 Å². The van der Waals surface area contributed by atoms with Crippen molar-refractivity contribution in [2.24, 2.45) is 0 Å². The van der Waals surface area contributed by atoms with E-state index in [2.05, 4.69) is 33.1 Å². The minimum Gasteiger partial charge on any atom is -0.317 e. The smallest absolute Gasteiger partial charge is 0.128 e. The summed E-state index contributed by atoms with van der Waals surface area (Å²) in [6.07, 6.45) is 3.42. The Morgan fingerprint density at radius 2 is 2.11 bits per heavy atom. The Balaban J connectivity index is 2.11. The van der Waals surface area contributed by atoms with E-state index >= 15 is 0 Å². The molecule has 0 saturated carbocycles. The molecular weight excluding hydrogens is 307 g/mol. The first-order chi connectivity index (χ1) is 9.22. The van der Waals surface area contributed by atoms with Crippen molar-refractivity contribution in [1.29, 1.82) is 0 Å². The number of rotatable bonds is 5. The zero-order valence-corrected chi connectivity index (χ0v) is 13.0. The van der Waals surface area contributed by atoms with Crippen molar-refractivity contribution in [2.45, 2.75) is 38.8 Å². The number of halogens is 2. The first kappa shape index (κ1) is 14.9. The monoisotopic (exact) mass is 328 g/mol. The van der Waals surface area contributed by atoms with Crippen molar-refractivity contribution in [3.8, 4) is 0 Å². The van der Waals surface area contributed by atoms with E-state index in [-0.39, 0.29) is 5.82 Å². The highest BCUT2D eigenvalue weighted by molar-refractivity contribution is 9.10. The van der Waals surface area contributed by atoms with Gasteiger partial charge in [0.05, 0.1) is 0 Å². The number of hydrogen-bond donors (Lipinski definition) is 1. The van der Waals surface area contributed by atoms with Crippen LogP contribution >= 0.6 is 15.9 Å². The minimum absolute atomic E-state index is 0.107. The van der Waals surface area contributed by atoms with Crippen LogP contribution in [0.25, 0.3) is 0 Å². The molecule has 1 fully saturated rings. The molecule has 1 aliphatic heterocycles. The van der Waals surface area contributed by atoms with Crippen LogP contribution in [-0.2, 0) is 6.54 Å². The Labute approximate surface area is 123 Å². The molecule has 0 bridgehead atoms. The van der Waals surface area contributed by atoms with Crippen molar-refractivity contribution in [3.63, 3.8) is 0 Å².